The Morgan fingerprint density at radius 1 is 1.11 bits per heavy atom. The van der Waals surface area contributed by atoms with E-state index >= 15 is 0 Å². The van der Waals surface area contributed by atoms with Gasteiger partial charge < -0.3 is 10.1 Å². The molecule has 27 heavy (non-hydrogen) atoms. The maximum absolute atomic E-state index is 12.9. The van der Waals surface area contributed by atoms with Crippen LogP contribution in [0.4, 0.5) is 13.2 Å². The zero-order chi connectivity index (χ0) is 19.2. The van der Waals surface area contributed by atoms with E-state index in [2.05, 4.69) is 15.1 Å². The minimum Gasteiger partial charge on any atom is -0.493 e. The molecule has 0 amide bonds. The van der Waals surface area contributed by atoms with Gasteiger partial charge in [-0.3, -0.25) is 0 Å². The quantitative estimate of drug-likeness (QED) is 0.561. The average molecular weight is 372 g/mol. The molecule has 0 unspecified atom stereocenters. The van der Waals surface area contributed by atoms with Crippen LogP contribution in [0, 0.1) is 6.92 Å². The van der Waals surface area contributed by atoms with Crippen LogP contribution in [0.15, 0.2) is 48.5 Å². The van der Waals surface area contributed by atoms with E-state index in [9.17, 15) is 18.3 Å². The van der Waals surface area contributed by atoms with Crippen molar-refractivity contribution < 1.29 is 18.3 Å². The first-order valence-electron chi connectivity index (χ1n) is 8.21. The molecule has 0 aliphatic carbocycles. The molecular weight excluding hydrogens is 357 g/mol. The minimum atomic E-state index is -4.44. The SMILES string of the molecule is Cc1nn(-c2nc3cc(C(F)(F)F)ccc3[nH]2)c(O)c1Cc1ccccc1. The Balaban J connectivity index is 1.74. The van der Waals surface area contributed by atoms with Gasteiger partial charge in [0.25, 0.3) is 0 Å². The van der Waals surface area contributed by atoms with Gasteiger partial charge in [0.2, 0.25) is 11.8 Å². The highest BCUT2D eigenvalue weighted by Gasteiger charge is 2.31. The number of aromatic amines is 1. The van der Waals surface area contributed by atoms with Crippen molar-refractivity contribution in [2.75, 3.05) is 0 Å². The van der Waals surface area contributed by atoms with Crippen LogP contribution in [0.25, 0.3) is 17.0 Å². The molecule has 0 atom stereocenters. The number of benzene rings is 2. The number of hydrogen-bond donors (Lipinski definition) is 2. The van der Waals surface area contributed by atoms with Gasteiger partial charge in [-0.05, 0) is 30.7 Å². The molecule has 138 valence electrons. The lowest BCUT2D eigenvalue weighted by Crippen LogP contribution is -2.04. The van der Waals surface area contributed by atoms with Crippen LogP contribution in [0.2, 0.25) is 0 Å². The van der Waals surface area contributed by atoms with E-state index in [1.165, 1.54) is 10.7 Å². The number of hydrogen-bond acceptors (Lipinski definition) is 3. The maximum atomic E-state index is 12.9. The van der Waals surface area contributed by atoms with Crippen molar-refractivity contribution in [2.24, 2.45) is 0 Å². The second kappa shape index (κ2) is 6.15. The van der Waals surface area contributed by atoms with Crippen molar-refractivity contribution in [1.29, 1.82) is 0 Å². The first kappa shape index (κ1) is 17.1. The molecule has 0 saturated heterocycles. The third-order valence-electron chi connectivity index (χ3n) is 4.38. The zero-order valence-electron chi connectivity index (χ0n) is 14.2. The second-order valence-electron chi connectivity index (χ2n) is 6.25. The summed E-state index contributed by atoms with van der Waals surface area (Å²) in [5.41, 5.74) is 2.06. The molecule has 0 fully saturated rings. The molecule has 2 N–H and O–H groups in total. The number of alkyl halides is 3. The molecule has 5 nitrogen and oxygen atoms in total. The van der Waals surface area contributed by atoms with E-state index in [4.69, 9.17) is 0 Å². The summed E-state index contributed by atoms with van der Waals surface area (Å²) in [5, 5.41) is 14.9. The van der Waals surface area contributed by atoms with Crippen molar-refractivity contribution in [3.05, 3.63) is 70.9 Å². The Labute approximate surface area is 152 Å². The topological polar surface area (TPSA) is 66.7 Å². The van der Waals surface area contributed by atoms with Gasteiger partial charge in [0, 0.05) is 12.0 Å². The Kier molecular flexibility index (Phi) is 3.91. The van der Waals surface area contributed by atoms with Gasteiger partial charge >= 0.3 is 6.18 Å². The normalized spacial score (nSPS) is 12.0. The summed E-state index contributed by atoms with van der Waals surface area (Å²) in [6.45, 7) is 1.76. The molecule has 0 radical (unpaired) electrons. The average Bonchev–Trinajstić information content (AvgIpc) is 3.17. The Morgan fingerprint density at radius 3 is 2.56 bits per heavy atom. The van der Waals surface area contributed by atoms with Crippen molar-refractivity contribution in [2.45, 2.75) is 19.5 Å². The van der Waals surface area contributed by atoms with E-state index < -0.39 is 11.7 Å². The second-order valence-corrected chi connectivity index (χ2v) is 6.25. The predicted octanol–water partition coefficient (Wildman–Crippen LogP) is 4.37. The first-order chi connectivity index (χ1) is 12.8. The van der Waals surface area contributed by atoms with E-state index in [-0.39, 0.29) is 17.3 Å². The predicted molar refractivity (Wildman–Crippen MR) is 93.9 cm³/mol. The number of nitrogens with one attached hydrogen (secondary N) is 1. The summed E-state index contributed by atoms with van der Waals surface area (Å²) in [5.74, 6) is 0.0655. The van der Waals surface area contributed by atoms with Crippen molar-refractivity contribution >= 4 is 11.0 Å². The van der Waals surface area contributed by atoms with Crippen LogP contribution >= 0.6 is 0 Å². The lowest BCUT2D eigenvalue weighted by molar-refractivity contribution is -0.137. The third kappa shape index (κ3) is 3.14. The highest BCUT2D eigenvalue weighted by molar-refractivity contribution is 5.77. The summed E-state index contributed by atoms with van der Waals surface area (Å²) in [6, 6.07) is 12.9. The van der Waals surface area contributed by atoms with Gasteiger partial charge in [0.1, 0.15) is 0 Å². The van der Waals surface area contributed by atoms with Gasteiger partial charge in [-0.15, -0.1) is 0 Å². The fourth-order valence-corrected chi connectivity index (χ4v) is 2.97. The lowest BCUT2D eigenvalue weighted by Gasteiger charge is -2.04. The molecule has 2 aromatic carbocycles. The molecule has 0 spiro atoms. The lowest BCUT2D eigenvalue weighted by atomic mass is 10.1. The van der Waals surface area contributed by atoms with Crippen molar-refractivity contribution in [1.82, 2.24) is 19.7 Å². The largest absolute Gasteiger partial charge is 0.493 e. The molecule has 0 bridgehead atoms. The number of nitrogens with zero attached hydrogens (tertiary/aromatic N) is 3. The van der Waals surface area contributed by atoms with Gasteiger partial charge in [0.15, 0.2) is 0 Å². The number of aromatic hydroxyl groups is 1. The number of H-pyrrole nitrogens is 1. The Bertz CT molecular complexity index is 1110. The van der Waals surface area contributed by atoms with E-state index in [0.717, 1.165) is 17.7 Å². The van der Waals surface area contributed by atoms with Gasteiger partial charge in [-0.1, -0.05) is 30.3 Å². The Hall–Kier alpha value is -3.29. The van der Waals surface area contributed by atoms with E-state index in [0.29, 0.717) is 23.2 Å². The highest BCUT2D eigenvalue weighted by atomic mass is 19.4. The highest BCUT2D eigenvalue weighted by Crippen LogP contribution is 2.32. The molecule has 0 aliphatic rings. The minimum absolute atomic E-state index is 0.0912. The van der Waals surface area contributed by atoms with Crippen LogP contribution in [0.3, 0.4) is 0 Å². The van der Waals surface area contributed by atoms with Crippen LogP contribution in [0.1, 0.15) is 22.4 Å². The number of aromatic nitrogens is 4. The fourth-order valence-electron chi connectivity index (χ4n) is 2.97. The smallest absolute Gasteiger partial charge is 0.416 e. The molecule has 2 heterocycles. The standard InChI is InChI=1S/C19H15F3N4O/c1-11-14(9-12-5-3-2-4-6-12)17(27)26(25-11)18-23-15-8-7-13(19(20,21)22)10-16(15)24-18/h2-8,10,27H,9H2,1H3,(H,23,24). The number of rotatable bonds is 3. The molecule has 4 rings (SSSR count). The van der Waals surface area contributed by atoms with Crippen LogP contribution < -0.4 is 0 Å². The summed E-state index contributed by atoms with van der Waals surface area (Å²) in [7, 11) is 0. The third-order valence-corrected chi connectivity index (χ3v) is 4.38. The molecule has 2 aromatic heterocycles. The summed E-state index contributed by atoms with van der Waals surface area (Å²) in [6.07, 6.45) is -3.96. The van der Waals surface area contributed by atoms with Crippen molar-refractivity contribution in [3.8, 4) is 11.8 Å². The van der Waals surface area contributed by atoms with E-state index in [1.807, 2.05) is 30.3 Å². The Morgan fingerprint density at radius 2 is 1.85 bits per heavy atom. The number of aryl methyl sites for hydroxylation is 1. The maximum Gasteiger partial charge on any atom is 0.416 e. The molecule has 0 saturated carbocycles. The number of imidazole rings is 1. The summed E-state index contributed by atoms with van der Waals surface area (Å²) >= 11 is 0. The van der Waals surface area contributed by atoms with Crippen molar-refractivity contribution in [3.63, 3.8) is 0 Å². The molecule has 0 aliphatic heterocycles. The van der Waals surface area contributed by atoms with Crippen LogP contribution in [-0.4, -0.2) is 24.9 Å². The van der Waals surface area contributed by atoms with Gasteiger partial charge in [-0.25, -0.2) is 4.98 Å². The van der Waals surface area contributed by atoms with E-state index in [1.54, 1.807) is 6.92 Å². The first-order valence-corrected chi connectivity index (χ1v) is 8.21. The van der Waals surface area contributed by atoms with Crippen LogP contribution in [0.5, 0.6) is 5.88 Å². The zero-order valence-corrected chi connectivity index (χ0v) is 14.2. The molecule has 4 aromatic rings. The molecule has 8 heteroatoms. The van der Waals surface area contributed by atoms with Crippen LogP contribution in [-0.2, 0) is 12.6 Å². The fraction of sp³-hybridized carbons (Fsp3) is 0.158. The molecular formula is C19H15F3N4O. The number of halogens is 3. The summed E-state index contributed by atoms with van der Waals surface area (Å²) < 4.78 is 39.8. The van der Waals surface area contributed by atoms with Gasteiger partial charge in [0.05, 0.1) is 22.3 Å². The number of fused-ring (bicyclic) bond motifs is 1. The van der Waals surface area contributed by atoms with Gasteiger partial charge in [-0.2, -0.15) is 23.0 Å². The summed E-state index contributed by atoms with van der Waals surface area (Å²) in [4.78, 5) is 7.06. The monoisotopic (exact) mass is 372 g/mol.